The van der Waals surface area contributed by atoms with E-state index in [4.69, 9.17) is 0 Å². The molecule has 0 unspecified atom stereocenters. The van der Waals surface area contributed by atoms with Crippen LogP contribution in [-0.4, -0.2) is 43.3 Å². The van der Waals surface area contributed by atoms with E-state index < -0.39 is 0 Å². The molecule has 0 spiro atoms. The molecule has 0 fully saturated rings. The molecule has 3 heterocycles. The summed E-state index contributed by atoms with van der Waals surface area (Å²) >= 11 is 0. The molecule has 0 saturated carbocycles. The van der Waals surface area contributed by atoms with E-state index in [0.717, 1.165) is 6.54 Å². The van der Waals surface area contributed by atoms with Crippen molar-refractivity contribution in [2.45, 2.75) is 20.4 Å². The molecule has 6 heteroatoms. The maximum Gasteiger partial charge on any atom is 0.272 e. The summed E-state index contributed by atoms with van der Waals surface area (Å²) in [5.41, 5.74) is 3.66. The van der Waals surface area contributed by atoms with Crippen molar-refractivity contribution in [2.75, 3.05) is 13.6 Å². The molecule has 0 bridgehead atoms. The van der Waals surface area contributed by atoms with Crippen molar-refractivity contribution < 1.29 is 4.79 Å². The van der Waals surface area contributed by atoms with Crippen molar-refractivity contribution >= 4 is 22.6 Å². The van der Waals surface area contributed by atoms with Crippen molar-refractivity contribution in [3.05, 3.63) is 65.9 Å². The van der Waals surface area contributed by atoms with Crippen molar-refractivity contribution in [3.8, 4) is 0 Å². The molecule has 0 atom stereocenters. The fourth-order valence-corrected chi connectivity index (χ4v) is 3.43. The lowest BCUT2D eigenvalue weighted by Crippen LogP contribution is -2.31. The van der Waals surface area contributed by atoms with Gasteiger partial charge in [-0.15, -0.1) is 0 Å². The zero-order chi connectivity index (χ0) is 18.3. The number of aromatic nitrogens is 4. The first kappa shape index (κ1) is 16.3. The van der Waals surface area contributed by atoms with Crippen molar-refractivity contribution in [1.82, 2.24) is 23.8 Å². The van der Waals surface area contributed by atoms with E-state index in [-0.39, 0.29) is 5.91 Å². The molecule has 26 heavy (non-hydrogen) atoms. The normalized spacial score (nSPS) is 11.3. The van der Waals surface area contributed by atoms with Gasteiger partial charge in [0.2, 0.25) is 5.78 Å². The number of carbonyl (C=O) groups is 1. The summed E-state index contributed by atoms with van der Waals surface area (Å²) in [6.45, 7) is 5.31. The monoisotopic (exact) mass is 347 g/mol. The van der Waals surface area contributed by atoms with Crippen LogP contribution < -0.4 is 0 Å². The topological polar surface area (TPSA) is 55.4 Å². The Morgan fingerprint density at radius 3 is 2.85 bits per heavy atom. The molecule has 0 N–H and O–H groups in total. The largest absolute Gasteiger partial charge is 0.343 e. The molecule has 1 amide bonds. The molecular weight excluding hydrogens is 326 g/mol. The zero-order valence-corrected chi connectivity index (χ0v) is 15.2. The summed E-state index contributed by atoms with van der Waals surface area (Å²) in [5, 5.41) is 1.22. The van der Waals surface area contributed by atoms with E-state index in [1.807, 2.05) is 32.3 Å². The van der Waals surface area contributed by atoms with Gasteiger partial charge in [-0.3, -0.25) is 9.20 Å². The number of fused-ring (bicyclic) bond motifs is 2. The fourth-order valence-electron chi connectivity index (χ4n) is 3.43. The number of benzene rings is 1. The summed E-state index contributed by atoms with van der Waals surface area (Å²) in [5.74, 6) is 0.506. The summed E-state index contributed by atoms with van der Waals surface area (Å²) < 4.78 is 4.01. The molecule has 0 radical (unpaired) electrons. The van der Waals surface area contributed by atoms with Gasteiger partial charge in [0.25, 0.3) is 5.91 Å². The number of amides is 1. The van der Waals surface area contributed by atoms with Crippen molar-refractivity contribution in [3.63, 3.8) is 0 Å². The maximum absolute atomic E-state index is 13.0. The lowest BCUT2D eigenvalue weighted by atomic mass is 10.2. The Bertz CT molecular complexity index is 1110. The first-order valence-electron chi connectivity index (χ1n) is 8.66. The lowest BCUT2D eigenvalue weighted by Gasteiger charge is -2.19. The van der Waals surface area contributed by atoms with Gasteiger partial charge in [-0.1, -0.05) is 18.2 Å². The summed E-state index contributed by atoms with van der Waals surface area (Å²) in [6, 6.07) is 12.3. The Balaban J connectivity index is 1.58. The molecule has 3 aromatic heterocycles. The second-order valence-electron chi connectivity index (χ2n) is 6.56. The summed E-state index contributed by atoms with van der Waals surface area (Å²) in [4.78, 5) is 23.3. The van der Waals surface area contributed by atoms with E-state index in [0.29, 0.717) is 23.7 Å². The lowest BCUT2D eigenvalue weighted by molar-refractivity contribution is 0.0783. The van der Waals surface area contributed by atoms with E-state index in [9.17, 15) is 4.79 Å². The molecule has 0 saturated heterocycles. The minimum absolute atomic E-state index is 0.0443. The molecule has 1 aromatic carbocycles. The highest BCUT2D eigenvalue weighted by Crippen LogP contribution is 2.19. The van der Waals surface area contributed by atoms with Gasteiger partial charge < -0.3 is 9.47 Å². The Morgan fingerprint density at radius 2 is 2.00 bits per heavy atom. The highest BCUT2D eigenvalue weighted by Gasteiger charge is 2.20. The predicted molar refractivity (Wildman–Crippen MR) is 101 cm³/mol. The molecule has 0 aliphatic heterocycles. The van der Waals surface area contributed by atoms with Gasteiger partial charge in [-0.2, -0.15) is 0 Å². The van der Waals surface area contributed by atoms with Gasteiger partial charge in [-0.05, 0) is 37.4 Å². The predicted octanol–water partition coefficient (Wildman–Crippen LogP) is 3.07. The average molecular weight is 347 g/mol. The van der Waals surface area contributed by atoms with Crippen LogP contribution in [-0.2, 0) is 6.54 Å². The van der Waals surface area contributed by atoms with Crippen molar-refractivity contribution in [1.29, 1.82) is 0 Å². The van der Waals surface area contributed by atoms with Gasteiger partial charge in [-0.25, -0.2) is 9.97 Å². The third-order valence-corrected chi connectivity index (χ3v) is 4.80. The van der Waals surface area contributed by atoms with Gasteiger partial charge in [0.15, 0.2) is 0 Å². The molecular formula is C20H21N5O. The standard InChI is InChI=1S/C20H21N5O/c1-14-13-16-7-4-5-8-17(16)24(14)12-11-23(3)19(26)18-15(2)22-20-21-9-6-10-25(18)20/h4-10,13H,11-12H2,1-3H3. The SMILES string of the molecule is Cc1nc2ncccn2c1C(=O)N(C)CCn1c(C)cc2ccccc21. The maximum atomic E-state index is 13.0. The number of rotatable bonds is 4. The summed E-state index contributed by atoms with van der Waals surface area (Å²) in [6.07, 6.45) is 3.51. The van der Waals surface area contributed by atoms with Gasteiger partial charge >= 0.3 is 0 Å². The first-order chi connectivity index (χ1) is 12.6. The number of hydrogen-bond donors (Lipinski definition) is 0. The van der Waals surface area contributed by atoms with Gasteiger partial charge in [0, 0.05) is 43.7 Å². The quantitative estimate of drug-likeness (QED) is 0.570. The minimum atomic E-state index is -0.0443. The van der Waals surface area contributed by atoms with Crippen LogP contribution in [0.15, 0.2) is 48.8 Å². The molecule has 4 aromatic rings. The smallest absolute Gasteiger partial charge is 0.272 e. The number of para-hydroxylation sites is 1. The summed E-state index contributed by atoms with van der Waals surface area (Å²) in [7, 11) is 1.83. The Hall–Kier alpha value is -3.15. The van der Waals surface area contributed by atoms with Crippen LogP contribution >= 0.6 is 0 Å². The van der Waals surface area contributed by atoms with Gasteiger partial charge in [0.1, 0.15) is 5.69 Å². The Morgan fingerprint density at radius 1 is 1.19 bits per heavy atom. The second kappa shape index (κ2) is 6.29. The van der Waals surface area contributed by atoms with Gasteiger partial charge in [0.05, 0.1) is 5.69 Å². The molecule has 0 aliphatic rings. The molecule has 4 rings (SSSR count). The first-order valence-corrected chi connectivity index (χ1v) is 8.66. The number of nitrogens with zero attached hydrogens (tertiary/aromatic N) is 5. The number of hydrogen-bond acceptors (Lipinski definition) is 3. The van der Waals surface area contributed by atoms with E-state index in [2.05, 4.69) is 39.7 Å². The van der Waals surface area contributed by atoms with Crippen LogP contribution in [0.4, 0.5) is 0 Å². The zero-order valence-electron chi connectivity index (χ0n) is 15.2. The van der Waals surface area contributed by atoms with E-state index in [1.165, 1.54) is 16.6 Å². The number of imidazole rings is 1. The highest BCUT2D eigenvalue weighted by molar-refractivity contribution is 5.94. The highest BCUT2D eigenvalue weighted by atomic mass is 16.2. The van der Waals surface area contributed by atoms with Crippen LogP contribution in [0.2, 0.25) is 0 Å². The van der Waals surface area contributed by atoms with Crippen LogP contribution in [0.1, 0.15) is 21.9 Å². The number of carbonyl (C=O) groups excluding carboxylic acids is 1. The van der Waals surface area contributed by atoms with Crippen LogP contribution in [0.5, 0.6) is 0 Å². The van der Waals surface area contributed by atoms with Crippen LogP contribution in [0.25, 0.3) is 16.7 Å². The van der Waals surface area contributed by atoms with E-state index in [1.54, 1.807) is 21.6 Å². The average Bonchev–Trinajstić information content (AvgIpc) is 3.14. The Kier molecular flexibility index (Phi) is 3.95. The Labute approximate surface area is 151 Å². The number of likely N-dealkylation sites (N-methyl/N-ethyl adjacent to an activating group) is 1. The van der Waals surface area contributed by atoms with E-state index >= 15 is 0 Å². The molecule has 132 valence electrons. The minimum Gasteiger partial charge on any atom is -0.343 e. The third kappa shape index (κ3) is 2.63. The fraction of sp³-hybridized carbons (Fsp3) is 0.250. The third-order valence-electron chi connectivity index (χ3n) is 4.80. The molecule has 0 aliphatic carbocycles. The van der Waals surface area contributed by atoms with Crippen LogP contribution in [0.3, 0.4) is 0 Å². The molecule has 6 nitrogen and oxygen atoms in total. The van der Waals surface area contributed by atoms with Crippen LogP contribution in [0, 0.1) is 13.8 Å². The second-order valence-corrected chi connectivity index (χ2v) is 6.56. The number of aryl methyl sites for hydroxylation is 2. The van der Waals surface area contributed by atoms with Crippen molar-refractivity contribution in [2.24, 2.45) is 0 Å².